The van der Waals surface area contributed by atoms with Crippen molar-refractivity contribution in [1.82, 2.24) is 10.2 Å². The van der Waals surface area contributed by atoms with Crippen molar-refractivity contribution in [2.24, 2.45) is 5.92 Å². The number of phenols is 1. The van der Waals surface area contributed by atoms with Crippen LogP contribution in [0.3, 0.4) is 0 Å². The fraction of sp³-hybridized carbons (Fsp3) is 0.417. The van der Waals surface area contributed by atoms with Gasteiger partial charge in [-0.05, 0) is 17.7 Å². The predicted octanol–water partition coefficient (Wildman–Crippen LogP) is 0.570. The first-order valence-electron chi connectivity index (χ1n) is 5.40. The number of benzene rings is 1. The lowest BCUT2D eigenvalue weighted by atomic mass is 10.0. The van der Waals surface area contributed by atoms with Crippen LogP contribution in [0.4, 0.5) is 0 Å². The molecule has 0 unspecified atom stereocenters. The standard InChI is InChI=1S/C12H16N2O2/c1-14(12(16)10-6-13-7-10)8-9-2-4-11(15)5-3-9/h2-5,10,13,15H,6-8H2,1H3. The number of rotatable bonds is 3. The Morgan fingerprint density at radius 1 is 1.44 bits per heavy atom. The summed E-state index contributed by atoms with van der Waals surface area (Å²) in [5.74, 6) is 0.579. The molecule has 2 N–H and O–H groups in total. The maximum Gasteiger partial charge on any atom is 0.228 e. The van der Waals surface area contributed by atoms with Gasteiger partial charge >= 0.3 is 0 Å². The Bertz CT molecular complexity index is 371. The first-order chi connectivity index (χ1) is 7.66. The van der Waals surface area contributed by atoms with E-state index in [9.17, 15) is 4.79 Å². The van der Waals surface area contributed by atoms with Gasteiger partial charge in [-0.25, -0.2) is 0 Å². The molecule has 1 aliphatic heterocycles. The van der Waals surface area contributed by atoms with Crippen LogP contribution >= 0.6 is 0 Å². The van der Waals surface area contributed by atoms with Gasteiger partial charge in [-0.15, -0.1) is 0 Å². The van der Waals surface area contributed by atoms with Crippen molar-refractivity contribution >= 4 is 5.91 Å². The number of phenolic OH excluding ortho intramolecular Hbond substituents is 1. The van der Waals surface area contributed by atoms with Gasteiger partial charge in [0.15, 0.2) is 0 Å². The van der Waals surface area contributed by atoms with Gasteiger partial charge in [0.1, 0.15) is 5.75 Å². The summed E-state index contributed by atoms with van der Waals surface area (Å²) in [6.45, 7) is 2.17. The molecule has 2 rings (SSSR count). The summed E-state index contributed by atoms with van der Waals surface area (Å²) in [5.41, 5.74) is 1.03. The Morgan fingerprint density at radius 3 is 2.56 bits per heavy atom. The van der Waals surface area contributed by atoms with Gasteiger partial charge in [-0.1, -0.05) is 12.1 Å². The molecule has 0 bridgehead atoms. The van der Waals surface area contributed by atoms with Crippen LogP contribution in [0.1, 0.15) is 5.56 Å². The highest BCUT2D eigenvalue weighted by atomic mass is 16.3. The summed E-state index contributed by atoms with van der Waals surface area (Å²) in [7, 11) is 1.81. The Balaban J connectivity index is 1.93. The minimum Gasteiger partial charge on any atom is -0.508 e. The number of carbonyl (C=O) groups excluding carboxylic acids is 1. The van der Waals surface area contributed by atoms with Gasteiger partial charge in [-0.2, -0.15) is 0 Å². The van der Waals surface area contributed by atoms with Gasteiger partial charge in [0.25, 0.3) is 0 Å². The molecule has 0 saturated carbocycles. The molecule has 1 aromatic rings. The molecule has 1 saturated heterocycles. The van der Waals surface area contributed by atoms with Crippen molar-refractivity contribution in [2.45, 2.75) is 6.54 Å². The number of hydrogen-bond acceptors (Lipinski definition) is 3. The Morgan fingerprint density at radius 2 is 2.06 bits per heavy atom. The topological polar surface area (TPSA) is 52.6 Å². The number of hydrogen-bond donors (Lipinski definition) is 2. The highest BCUT2D eigenvalue weighted by Crippen LogP contribution is 2.13. The fourth-order valence-electron chi connectivity index (χ4n) is 1.73. The molecular weight excluding hydrogens is 204 g/mol. The third-order valence-corrected chi connectivity index (χ3v) is 2.86. The fourth-order valence-corrected chi connectivity index (χ4v) is 1.73. The highest BCUT2D eigenvalue weighted by Gasteiger charge is 2.27. The second-order valence-corrected chi connectivity index (χ2v) is 4.22. The molecule has 16 heavy (non-hydrogen) atoms. The van der Waals surface area contributed by atoms with E-state index in [-0.39, 0.29) is 17.6 Å². The largest absolute Gasteiger partial charge is 0.508 e. The number of aromatic hydroxyl groups is 1. The molecule has 1 amide bonds. The smallest absolute Gasteiger partial charge is 0.228 e. The van der Waals surface area contributed by atoms with E-state index in [0.717, 1.165) is 18.7 Å². The molecule has 4 heteroatoms. The van der Waals surface area contributed by atoms with E-state index in [2.05, 4.69) is 5.32 Å². The Hall–Kier alpha value is -1.55. The first kappa shape index (κ1) is 11.0. The Kier molecular flexibility index (Phi) is 3.10. The molecule has 1 fully saturated rings. The lowest BCUT2D eigenvalue weighted by Gasteiger charge is -2.30. The normalized spacial score (nSPS) is 15.6. The van der Waals surface area contributed by atoms with Crippen LogP contribution in [0.5, 0.6) is 5.75 Å². The van der Waals surface area contributed by atoms with E-state index in [1.807, 2.05) is 19.2 Å². The summed E-state index contributed by atoms with van der Waals surface area (Å²) in [6.07, 6.45) is 0. The predicted molar refractivity (Wildman–Crippen MR) is 60.9 cm³/mol. The van der Waals surface area contributed by atoms with E-state index >= 15 is 0 Å². The summed E-state index contributed by atoms with van der Waals surface area (Å²) in [6, 6.07) is 6.94. The van der Waals surface area contributed by atoms with Crippen LogP contribution in [0.2, 0.25) is 0 Å². The van der Waals surface area contributed by atoms with Crippen molar-refractivity contribution in [3.63, 3.8) is 0 Å². The monoisotopic (exact) mass is 220 g/mol. The zero-order chi connectivity index (χ0) is 11.5. The van der Waals surface area contributed by atoms with E-state index in [4.69, 9.17) is 5.11 Å². The van der Waals surface area contributed by atoms with Gasteiger partial charge in [0, 0.05) is 26.7 Å². The molecule has 1 aliphatic rings. The van der Waals surface area contributed by atoms with Crippen molar-refractivity contribution in [3.05, 3.63) is 29.8 Å². The lowest BCUT2D eigenvalue weighted by molar-refractivity contribution is -0.136. The zero-order valence-corrected chi connectivity index (χ0v) is 9.31. The molecule has 0 radical (unpaired) electrons. The molecule has 1 aromatic carbocycles. The van der Waals surface area contributed by atoms with Crippen LogP contribution in [-0.2, 0) is 11.3 Å². The minimum atomic E-state index is 0.141. The summed E-state index contributed by atoms with van der Waals surface area (Å²) in [4.78, 5) is 13.6. The summed E-state index contributed by atoms with van der Waals surface area (Å²) < 4.78 is 0. The number of amides is 1. The summed E-state index contributed by atoms with van der Waals surface area (Å²) in [5, 5.41) is 12.2. The van der Waals surface area contributed by atoms with Gasteiger partial charge in [0.05, 0.1) is 5.92 Å². The average Bonchev–Trinajstić information content (AvgIpc) is 2.19. The van der Waals surface area contributed by atoms with Crippen LogP contribution in [0.15, 0.2) is 24.3 Å². The summed E-state index contributed by atoms with van der Waals surface area (Å²) >= 11 is 0. The minimum absolute atomic E-state index is 0.141. The van der Waals surface area contributed by atoms with Crippen LogP contribution in [0, 0.1) is 5.92 Å². The second kappa shape index (κ2) is 4.53. The van der Waals surface area contributed by atoms with Crippen LogP contribution in [-0.4, -0.2) is 36.1 Å². The maximum absolute atomic E-state index is 11.8. The van der Waals surface area contributed by atoms with Crippen molar-refractivity contribution in [1.29, 1.82) is 0 Å². The third kappa shape index (κ3) is 2.33. The van der Waals surface area contributed by atoms with Crippen LogP contribution < -0.4 is 5.32 Å². The third-order valence-electron chi connectivity index (χ3n) is 2.86. The molecular formula is C12H16N2O2. The van der Waals surface area contributed by atoms with E-state index in [1.165, 1.54) is 0 Å². The maximum atomic E-state index is 11.8. The molecule has 0 spiro atoms. The molecule has 0 atom stereocenters. The van der Waals surface area contributed by atoms with Gasteiger partial charge < -0.3 is 15.3 Å². The molecule has 1 heterocycles. The van der Waals surface area contributed by atoms with E-state index < -0.39 is 0 Å². The SMILES string of the molecule is CN(Cc1ccc(O)cc1)C(=O)C1CNC1. The molecule has 0 aromatic heterocycles. The molecule has 4 nitrogen and oxygen atoms in total. The van der Waals surface area contributed by atoms with Gasteiger partial charge in [0.2, 0.25) is 5.91 Å². The molecule has 86 valence electrons. The van der Waals surface area contributed by atoms with E-state index in [0.29, 0.717) is 6.54 Å². The number of carbonyl (C=O) groups is 1. The number of nitrogens with one attached hydrogen (secondary N) is 1. The highest BCUT2D eigenvalue weighted by molar-refractivity contribution is 5.79. The lowest BCUT2D eigenvalue weighted by Crippen LogP contribution is -2.50. The van der Waals surface area contributed by atoms with Crippen LogP contribution in [0.25, 0.3) is 0 Å². The number of nitrogens with zero attached hydrogens (tertiary/aromatic N) is 1. The first-order valence-corrected chi connectivity index (χ1v) is 5.40. The van der Waals surface area contributed by atoms with Gasteiger partial charge in [-0.3, -0.25) is 4.79 Å². The average molecular weight is 220 g/mol. The zero-order valence-electron chi connectivity index (χ0n) is 9.31. The van der Waals surface area contributed by atoms with Crippen molar-refractivity contribution in [2.75, 3.05) is 20.1 Å². The van der Waals surface area contributed by atoms with Crippen molar-refractivity contribution in [3.8, 4) is 5.75 Å². The Labute approximate surface area is 94.9 Å². The quantitative estimate of drug-likeness (QED) is 0.783. The van der Waals surface area contributed by atoms with Crippen molar-refractivity contribution < 1.29 is 9.90 Å². The second-order valence-electron chi connectivity index (χ2n) is 4.22. The molecule has 0 aliphatic carbocycles. The van der Waals surface area contributed by atoms with E-state index in [1.54, 1.807) is 17.0 Å².